The molecule has 168 valence electrons. The summed E-state index contributed by atoms with van der Waals surface area (Å²) < 4.78 is 0. The summed E-state index contributed by atoms with van der Waals surface area (Å²) in [5.41, 5.74) is 0. The van der Waals surface area contributed by atoms with E-state index in [1.54, 1.807) is 0 Å². The molecule has 0 fully saturated rings. The Labute approximate surface area is 195 Å². The van der Waals surface area contributed by atoms with Crippen molar-refractivity contribution in [3.05, 3.63) is 121 Å². The molecule has 4 aromatic carbocycles. The summed E-state index contributed by atoms with van der Waals surface area (Å²) in [6.45, 7) is 2.06. The number of hydrogen-bond donors (Lipinski definition) is 1. The van der Waals surface area contributed by atoms with Crippen LogP contribution in [0.1, 0.15) is 13.8 Å². The first kappa shape index (κ1) is 25.5. The lowest BCUT2D eigenvalue weighted by atomic mass is 10.3. The Kier molecular flexibility index (Phi) is 10.0. The van der Waals surface area contributed by atoms with Crippen molar-refractivity contribution in [1.29, 1.82) is 0 Å². The van der Waals surface area contributed by atoms with Crippen LogP contribution in [-0.4, -0.2) is 17.0 Å². The van der Waals surface area contributed by atoms with Crippen molar-refractivity contribution < 1.29 is 19.8 Å². The van der Waals surface area contributed by atoms with Gasteiger partial charge in [0.1, 0.15) is 28.5 Å². The minimum absolute atomic E-state index is 0.833. The van der Waals surface area contributed by atoms with Crippen molar-refractivity contribution in [3.63, 3.8) is 0 Å². The molecular formula is C28H27O4P. The van der Waals surface area contributed by atoms with Crippen LogP contribution >= 0.6 is 7.26 Å². The number of carbonyl (C=O) groups is 2. The van der Waals surface area contributed by atoms with Gasteiger partial charge in [-0.25, -0.2) is 0 Å². The van der Waals surface area contributed by atoms with E-state index in [4.69, 9.17) is 19.8 Å². The Balaban J connectivity index is 0.000000420. The molecule has 0 spiro atoms. The molecule has 0 aliphatic carbocycles. The Morgan fingerprint density at radius 2 is 0.697 bits per heavy atom. The van der Waals surface area contributed by atoms with Crippen molar-refractivity contribution in [2.75, 3.05) is 0 Å². The second kappa shape index (κ2) is 12.9. The van der Waals surface area contributed by atoms with Crippen LogP contribution in [0.3, 0.4) is 0 Å². The summed E-state index contributed by atoms with van der Waals surface area (Å²) in [6.07, 6.45) is 0. The molecule has 0 aliphatic rings. The van der Waals surface area contributed by atoms with Gasteiger partial charge in [-0.05, 0) is 55.5 Å². The van der Waals surface area contributed by atoms with E-state index in [0.29, 0.717) is 0 Å². The normalized spacial score (nSPS) is 10.0. The van der Waals surface area contributed by atoms with Gasteiger partial charge in [0.15, 0.2) is 0 Å². The Hall–Kier alpha value is -3.75. The van der Waals surface area contributed by atoms with E-state index in [1.807, 2.05) is 0 Å². The van der Waals surface area contributed by atoms with E-state index in [-0.39, 0.29) is 0 Å². The molecule has 0 heterocycles. The zero-order valence-corrected chi connectivity index (χ0v) is 19.6. The predicted octanol–water partition coefficient (Wildman–Crippen LogP) is 3.15. The van der Waals surface area contributed by atoms with Crippen molar-refractivity contribution in [2.24, 2.45) is 0 Å². The van der Waals surface area contributed by atoms with Crippen LogP contribution in [-0.2, 0) is 9.59 Å². The lowest BCUT2D eigenvalue weighted by Gasteiger charge is -2.27. The number of carboxylic acid groups (broad SMARTS) is 2. The molecule has 0 aromatic heterocycles. The summed E-state index contributed by atoms with van der Waals surface area (Å²) in [4.78, 5) is 17.9. The van der Waals surface area contributed by atoms with Gasteiger partial charge in [0, 0.05) is 12.9 Å². The Bertz CT molecular complexity index is 932. The molecule has 0 bridgehead atoms. The molecule has 4 rings (SSSR count). The fraction of sp³-hybridized carbons (Fsp3) is 0.0714. The van der Waals surface area contributed by atoms with Crippen LogP contribution in [0.5, 0.6) is 0 Å². The lowest BCUT2D eigenvalue weighted by molar-refractivity contribution is -0.302. The molecule has 0 radical (unpaired) electrons. The van der Waals surface area contributed by atoms with Gasteiger partial charge in [0.25, 0.3) is 5.97 Å². The zero-order chi connectivity index (χ0) is 24.1. The van der Waals surface area contributed by atoms with E-state index in [1.165, 1.54) is 21.2 Å². The summed E-state index contributed by atoms with van der Waals surface area (Å²) in [7, 11) is -1.91. The maximum absolute atomic E-state index is 9.00. The predicted molar refractivity (Wildman–Crippen MR) is 135 cm³/mol. The fourth-order valence-corrected chi connectivity index (χ4v) is 7.77. The molecule has 0 saturated heterocycles. The first-order chi connectivity index (χ1) is 15.9. The van der Waals surface area contributed by atoms with E-state index in [2.05, 4.69) is 121 Å². The van der Waals surface area contributed by atoms with E-state index >= 15 is 0 Å². The topological polar surface area (TPSA) is 77.4 Å². The number of hydrogen-bond acceptors (Lipinski definition) is 3. The largest absolute Gasteiger partial charge is 0.550 e. The lowest BCUT2D eigenvalue weighted by Crippen LogP contribution is -2.38. The van der Waals surface area contributed by atoms with Crippen LogP contribution in [0.15, 0.2) is 121 Å². The molecule has 0 amide bonds. The Morgan fingerprint density at radius 1 is 0.545 bits per heavy atom. The molecule has 0 aliphatic heterocycles. The first-order valence-electron chi connectivity index (χ1n) is 10.4. The molecular weight excluding hydrogens is 431 g/mol. The molecule has 1 N–H and O–H groups in total. The number of benzene rings is 4. The highest BCUT2D eigenvalue weighted by Gasteiger charge is 2.47. The monoisotopic (exact) mass is 458 g/mol. The van der Waals surface area contributed by atoms with Crippen LogP contribution in [0, 0.1) is 0 Å². The van der Waals surface area contributed by atoms with Crippen molar-refractivity contribution in [3.8, 4) is 0 Å². The zero-order valence-electron chi connectivity index (χ0n) is 18.7. The second-order valence-corrected chi connectivity index (χ2v) is 10.4. The van der Waals surface area contributed by atoms with Crippen molar-refractivity contribution in [1.82, 2.24) is 0 Å². The Morgan fingerprint density at radius 3 is 0.848 bits per heavy atom. The van der Waals surface area contributed by atoms with Gasteiger partial charge >= 0.3 is 0 Å². The summed E-state index contributed by atoms with van der Waals surface area (Å²) in [5, 5.41) is 21.9. The second-order valence-electron chi connectivity index (χ2n) is 7.02. The average Bonchev–Trinajstić information content (AvgIpc) is 2.82. The molecule has 0 unspecified atom stereocenters. The summed E-state index contributed by atoms with van der Waals surface area (Å²) >= 11 is 0. The molecule has 0 atom stereocenters. The fourth-order valence-electron chi connectivity index (χ4n) is 3.50. The highest BCUT2D eigenvalue weighted by molar-refractivity contribution is 8.01. The number of carbonyl (C=O) groups excluding carboxylic acids is 1. The smallest absolute Gasteiger partial charge is 0.300 e. The van der Waals surface area contributed by atoms with Gasteiger partial charge in [-0.1, -0.05) is 72.8 Å². The molecule has 5 heteroatoms. The molecule has 4 aromatic rings. The third-order valence-electron chi connectivity index (χ3n) is 4.57. The van der Waals surface area contributed by atoms with Crippen LogP contribution in [0.25, 0.3) is 0 Å². The quantitative estimate of drug-likeness (QED) is 0.477. The van der Waals surface area contributed by atoms with Gasteiger partial charge in [-0.15, -0.1) is 0 Å². The number of aliphatic carboxylic acids is 2. The number of rotatable bonds is 4. The van der Waals surface area contributed by atoms with E-state index in [0.717, 1.165) is 13.8 Å². The summed E-state index contributed by atoms with van der Waals surface area (Å²) in [5.74, 6) is -1.92. The highest BCUT2D eigenvalue weighted by atomic mass is 31.2. The van der Waals surface area contributed by atoms with Crippen LogP contribution in [0.2, 0.25) is 0 Å². The highest BCUT2D eigenvalue weighted by Crippen LogP contribution is 2.53. The maximum atomic E-state index is 9.00. The van der Waals surface area contributed by atoms with E-state index < -0.39 is 19.2 Å². The van der Waals surface area contributed by atoms with Gasteiger partial charge in [0.05, 0.1) is 0 Å². The first-order valence-corrected chi connectivity index (χ1v) is 12.2. The molecule has 33 heavy (non-hydrogen) atoms. The van der Waals surface area contributed by atoms with Gasteiger partial charge in [-0.3, -0.25) is 4.79 Å². The van der Waals surface area contributed by atoms with Gasteiger partial charge < -0.3 is 15.0 Å². The van der Waals surface area contributed by atoms with Gasteiger partial charge in [-0.2, -0.15) is 0 Å². The minimum Gasteiger partial charge on any atom is -0.550 e. The summed E-state index contributed by atoms with van der Waals surface area (Å²) in [6, 6.07) is 43.8. The van der Waals surface area contributed by atoms with Crippen LogP contribution in [0.4, 0.5) is 0 Å². The molecule has 4 nitrogen and oxygen atoms in total. The van der Waals surface area contributed by atoms with Crippen LogP contribution < -0.4 is 26.3 Å². The number of carboxylic acids is 2. The average molecular weight is 458 g/mol. The van der Waals surface area contributed by atoms with Crippen molar-refractivity contribution >= 4 is 40.4 Å². The minimum atomic E-state index is -1.91. The van der Waals surface area contributed by atoms with Crippen molar-refractivity contribution in [2.45, 2.75) is 13.8 Å². The third-order valence-corrected chi connectivity index (χ3v) is 8.86. The molecule has 0 saturated carbocycles. The van der Waals surface area contributed by atoms with Gasteiger partial charge in [0.2, 0.25) is 0 Å². The SMILES string of the molecule is CC(=O)O.CC(=O)[O-].c1ccc([P+](c2ccccc2)(c2ccccc2)c2ccccc2)cc1. The van der Waals surface area contributed by atoms with E-state index in [9.17, 15) is 0 Å². The third kappa shape index (κ3) is 7.13. The standard InChI is InChI=1S/C24H20P.2C2H4O2/c1-5-13-21(14-6-1)25(22-15-7-2-8-16-22,23-17-9-3-10-18-23)24-19-11-4-12-20-24;2*1-2(3)4/h1-20H;2*1H3,(H,3,4)/q+1;;/p-1. The maximum Gasteiger partial charge on any atom is 0.300 e.